The summed E-state index contributed by atoms with van der Waals surface area (Å²) < 4.78 is 26.9. The van der Waals surface area contributed by atoms with E-state index in [0.29, 0.717) is 31.8 Å². The Hall–Kier alpha value is -1.94. The second-order valence-electron chi connectivity index (χ2n) is 7.08. The fraction of sp³-hybridized carbons (Fsp3) is 0.667. The van der Waals surface area contributed by atoms with E-state index in [1.807, 2.05) is 13.8 Å². The number of sulfonamides is 1. The third-order valence-electron chi connectivity index (χ3n) is 5.08. The topological polar surface area (TPSA) is 124 Å². The molecule has 10 heteroatoms. The second-order valence-corrected chi connectivity index (χ2v) is 8.98. The van der Waals surface area contributed by atoms with Gasteiger partial charge in [-0.25, -0.2) is 18.2 Å². The molecule has 3 amide bonds. The molecule has 1 aromatic rings. The summed E-state index contributed by atoms with van der Waals surface area (Å²) in [6.07, 6.45) is 2.34. The molecule has 2 saturated heterocycles. The number of hydrogen-bond donors (Lipinski definition) is 3. The van der Waals surface area contributed by atoms with E-state index in [1.54, 1.807) is 6.92 Å². The summed E-state index contributed by atoms with van der Waals surface area (Å²) in [5.74, 6) is 0.276. The number of carbonyl (C=O) groups excluding carboxylic acids is 2. The van der Waals surface area contributed by atoms with Crippen molar-refractivity contribution in [2.45, 2.75) is 50.1 Å². The average molecular weight is 369 g/mol. The first-order valence-electron chi connectivity index (χ1n) is 8.33. The highest BCUT2D eigenvalue weighted by Gasteiger charge is 2.49. The molecule has 0 aromatic carbocycles. The van der Waals surface area contributed by atoms with Gasteiger partial charge in [0.15, 0.2) is 5.03 Å². The van der Waals surface area contributed by atoms with Crippen LogP contribution in [0.1, 0.15) is 45.4 Å². The largest absolute Gasteiger partial charge is 0.332 e. The molecule has 0 radical (unpaired) electrons. The van der Waals surface area contributed by atoms with Crippen LogP contribution in [0.15, 0.2) is 11.2 Å². The van der Waals surface area contributed by atoms with Crippen LogP contribution in [-0.2, 0) is 14.8 Å². The Bertz CT molecular complexity index is 795. The average Bonchev–Trinajstić information content (AvgIpc) is 3.14. The smallest absolute Gasteiger partial charge is 0.322 e. The van der Waals surface area contributed by atoms with Crippen molar-refractivity contribution in [3.05, 3.63) is 12.0 Å². The van der Waals surface area contributed by atoms with Gasteiger partial charge in [0, 0.05) is 19.0 Å². The zero-order valence-electron chi connectivity index (χ0n) is 14.5. The number of urea groups is 1. The minimum atomic E-state index is -3.64. The maximum Gasteiger partial charge on any atom is 0.322 e. The summed E-state index contributed by atoms with van der Waals surface area (Å²) in [5.41, 5.74) is -0.980. The first kappa shape index (κ1) is 17.9. The molecule has 3 rings (SSSR count). The van der Waals surface area contributed by atoms with Gasteiger partial charge in [0.2, 0.25) is 0 Å². The van der Waals surface area contributed by atoms with Gasteiger partial charge in [-0.15, -0.1) is 0 Å². The maximum atomic E-state index is 12.8. The fourth-order valence-corrected chi connectivity index (χ4v) is 4.79. The summed E-state index contributed by atoms with van der Waals surface area (Å²) in [5, 5.41) is 5.01. The molecule has 0 spiro atoms. The molecule has 3 heterocycles. The molecule has 138 valence electrons. The van der Waals surface area contributed by atoms with E-state index in [2.05, 4.69) is 20.6 Å². The number of nitrogens with zero attached hydrogens (tertiary/aromatic N) is 2. The summed E-state index contributed by atoms with van der Waals surface area (Å²) >= 11 is 0. The fourth-order valence-electron chi connectivity index (χ4n) is 3.40. The van der Waals surface area contributed by atoms with Crippen molar-refractivity contribution in [3.63, 3.8) is 0 Å². The SMILES string of the molecule is CC(C)c1ncc(S(=O)(=O)N2CCC(C3(C)NC(=O)NC3=O)CC2)[nH]1. The van der Waals surface area contributed by atoms with Crippen LogP contribution in [0.25, 0.3) is 0 Å². The third-order valence-corrected chi connectivity index (χ3v) is 6.89. The predicted molar refractivity (Wildman–Crippen MR) is 89.2 cm³/mol. The first-order valence-corrected chi connectivity index (χ1v) is 9.77. The monoisotopic (exact) mass is 369 g/mol. The maximum absolute atomic E-state index is 12.8. The van der Waals surface area contributed by atoms with E-state index in [1.165, 1.54) is 10.5 Å². The molecular formula is C15H23N5O4S. The van der Waals surface area contributed by atoms with E-state index in [-0.39, 0.29) is 22.8 Å². The van der Waals surface area contributed by atoms with Gasteiger partial charge in [0.25, 0.3) is 15.9 Å². The minimum absolute atomic E-state index is 0.0905. The van der Waals surface area contributed by atoms with Crippen molar-refractivity contribution < 1.29 is 18.0 Å². The van der Waals surface area contributed by atoms with Crippen molar-refractivity contribution in [2.24, 2.45) is 5.92 Å². The molecule has 3 N–H and O–H groups in total. The van der Waals surface area contributed by atoms with Crippen LogP contribution in [0, 0.1) is 5.92 Å². The van der Waals surface area contributed by atoms with E-state index >= 15 is 0 Å². The molecule has 0 saturated carbocycles. The normalized spacial score (nSPS) is 26.1. The quantitative estimate of drug-likeness (QED) is 0.668. The van der Waals surface area contributed by atoms with Crippen molar-refractivity contribution >= 4 is 22.0 Å². The second kappa shape index (κ2) is 6.10. The Balaban J connectivity index is 1.71. The van der Waals surface area contributed by atoms with Gasteiger partial charge >= 0.3 is 6.03 Å². The molecule has 0 bridgehead atoms. The van der Waals surface area contributed by atoms with E-state index in [0.717, 1.165) is 0 Å². The Labute approximate surface area is 146 Å². The number of carbonyl (C=O) groups is 2. The van der Waals surface area contributed by atoms with Crippen LogP contribution in [0.3, 0.4) is 0 Å². The number of piperidine rings is 1. The molecule has 2 aliphatic rings. The summed E-state index contributed by atoms with van der Waals surface area (Å²) in [7, 11) is -3.64. The number of imidazole rings is 1. The Kier molecular flexibility index (Phi) is 4.36. The Morgan fingerprint density at radius 3 is 2.40 bits per heavy atom. The van der Waals surface area contributed by atoms with Crippen LogP contribution in [0.2, 0.25) is 0 Å². The van der Waals surface area contributed by atoms with Gasteiger partial charge in [-0.3, -0.25) is 10.1 Å². The highest BCUT2D eigenvalue weighted by Crippen LogP contribution is 2.32. The molecule has 0 aliphatic carbocycles. The Morgan fingerprint density at radius 2 is 1.92 bits per heavy atom. The summed E-state index contributed by atoms with van der Waals surface area (Å²) in [6, 6.07) is -0.499. The van der Waals surface area contributed by atoms with Crippen molar-refractivity contribution in [2.75, 3.05) is 13.1 Å². The zero-order chi connectivity index (χ0) is 18.4. The molecular weight excluding hydrogens is 346 g/mol. The number of amides is 3. The number of aromatic amines is 1. The van der Waals surface area contributed by atoms with E-state index in [4.69, 9.17) is 0 Å². The van der Waals surface area contributed by atoms with Crippen LogP contribution in [0.5, 0.6) is 0 Å². The molecule has 1 aromatic heterocycles. The molecule has 1 atom stereocenters. The molecule has 2 fully saturated rings. The van der Waals surface area contributed by atoms with Gasteiger partial charge in [-0.05, 0) is 25.7 Å². The highest BCUT2D eigenvalue weighted by molar-refractivity contribution is 7.89. The van der Waals surface area contributed by atoms with E-state index in [9.17, 15) is 18.0 Å². The van der Waals surface area contributed by atoms with Gasteiger partial charge in [0.1, 0.15) is 11.4 Å². The van der Waals surface area contributed by atoms with Crippen LogP contribution in [-0.4, -0.2) is 53.3 Å². The van der Waals surface area contributed by atoms with Gasteiger partial charge in [-0.2, -0.15) is 4.31 Å². The van der Waals surface area contributed by atoms with Gasteiger partial charge < -0.3 is 10.3 Å². The lowest BCUT2D eigenvalue weighted by Gasteiger charge is -2.37. The minimum Gasteiger partial charge on any atom is -0.332 e. The standard InChI is InChI=1S/C15H23N5O4S/c1-9(2)12-16-8-11(17-12)25(23,24)20-6-4-10(5-7-20)15(3)13(21)18-14(22)19-15/h8-10H,4-7H2,1-3H3,(H,16,17)(H2,18,19,21,22). The number of nitrogens with one attached hydrogen (secondary N) is 3. The molecule has 2 aliphatic heterocycles. The van der Waals surface area contributed by atoms with Crippen molar-refractivity contribution in [1.82, 2.24) is 24.9 Å². The van der Waals surface area contributed by atoms with Crippen molar-refractivity contribution in [3.8, 4) is 0 Å². The first-order chi connectivity index (χ1) is 11.6. The van der Waals surface area contributed by atoms with Crippen LogP contribution >= 0.6 is 0 Å². The number of rotatable bonds is 4. The van der Waals surface area contributed by atoms with Crippen LogP contribution < -0.4 is 10.6 Å². The van der Waals surface area contributed by atoms with Crippen LogP contribution in [0.4, 0.5) is 4.79 Å². The number of aromatic nitrogens is 2. The van der Waals surface area contributed by atoms with Gasteiger partial charge in [0.05, 0.1) is 6.20 Å². The van der Waals surface area contributed by atoms with Crippen molar-refractivity contribution in [1.29, 1.82) is 0 Å². The molecule has 9 nitrogen and oxygen atoms in total. The lowest BCUT2D eigenvalue weighted by Crippen LogP contribution is -2.54. The summed E-state index contributed by atoms with van der Waals surface area (Å²) in [6.45, 7) is 6.14. The lowest BCUT2D eigenvalue weighted by atomic mass is 9.79. The van der Waals surface area contributed by atoms with Gasteiger partial charge in [-0.1, -0.05) is 13.8 Å². The third kappa shape index (κ3) is 3.04. The Morgan fingerprint density at radius 1 is 1.28 bits per heavy atom. The highest BCUT2D eigenvalue weighted by atomic mass is 32.2. The molecule has 1 unspecified atom stereocenters. The molecule has 25 heavy (non-hydrogen) atoms. The summed E-state index contributed by atoms with van der Waals surface area (Å²) in [4.78, 5) is 30.4. The lowest BCUT2D eigenvalue weighted by molar-refractivity contribution is -0.125. The zero-order valence-corrected chi connectivity index (χ0v) is 15.3. The predicted octanol–water partition coefficient (Wildman–Crippen LogP) is 0.532. The number of H-pyrrole nitrogens is 1. The number of imide groups is 1. The van der Waals surface area contributed by atoms with E-state index < -0.39 is 21.6 Å². The number of hydrogen-bond acceptors (Lipinski definition) is 5.